The molecular weight excluding hydrogens is 324 g/mol. The zero-order chi connectivity index (χ0) is 18.7. The van der Waals surface area contributed by atoms with Gasteiger partial charge in [-0.05, 0) is 43.9 Å². The number of benzene rings is 1. The van der Waals surface area contributed by atoms with E-state index in [9.17, 15) is 4.79 Å². The molecule has 0 aliphatic rings. The van der Waals surface area contributed by atoms with Crippen molar-refractivity contribution in [2.24, 2.45) is 5.92 Å². The van der Waals surface area contributed by atoms with Gasteiger partial charge in [0.15, 0.2) is 0 Å². The van der Waals surface area contributed by atoms with Gasteiger partial charge in [-0.1, -0.05) is 32.0 Å². The van der Waals surface area contributed by atoms with Crippen LogP contribution in [0.4, 0.5) is 5.69 Å². The minimum absolute atomic E-state index is 0.00232. The van der Waals surface area contributed by atoms with Crippen molar-refractivity contribution in [3.8, 4) is 0 Å². The lowest BCUT2D eigenvalue weighted by Crippen LogP contribution is -2.13. The second kappa shape index (κ2) is 7.68. The number of carbonyl (C=O) groups excluding carboxylic acids is 1. The van der Waals surface area contributed by atoms with E-state index >= 15 is 0 Å². The van der Waals surface area contributed by atoms with Crippen LogP contribution in [-0.2, 0) is 17.8 Å². The molecule has 0 unspecified atom stereocenters. The molecule has 2 heterocycles. The number of aryl methyl sites for hydroxylation is 1. The van der Waals surface area contributed by atoms with Gasteiger partial charge in [0.05, 0.1) is 23.1 Å². The van der Waals surface area contributed by atoms with Crippen LogP contribution < -0.4 is 5.32 Å². The van der Waals surface area contributed by atoms with E-state index in [0.29, 0.717) is 18.8 Å². The molecule has 0 bridgehead atoms. The first kappa shape index (κ1) is 18.1. The number of para-hydroxylation sites is 1. The highest BCUT2D eigenvalue weighted by atomic mass is 16.1. The number of nitrogens with one attached hydrogen (secondary N) is 1. The fourth-order valence-electron chi connectivity index (χ4n) is 3.22. The summed E-state index contributed by atoms with van der Waals surface area (Å²) in [6.45, 7) is 9.37. The van der Waals surface area contributed by atoms with Gasteiger partial charge in [0.25, 0.3) is 0 Å². The number of aromatic nitrogens is 3. The minimum atomic E-state index is -0.00232. The molecule has 5 nitrogen and oxygen atoms in total. The molecule has 0 aliphatic heterocycles. The molecule has 26 heavy (non-hydrogen) atoms. The topological polar surface area (TPSA) is 59.8 Å². The third-order valence-electron chi connectivity index (χ3n) is 4.55. The lowest BCUT2D eigenvalue weighted by Gasteiger charge is -2.08. The van der Waals surface area contributed by atoms with Crippen LogP contribution in [0.2, 0.25) is 0 Å². The normalized spacial score (nSPS) is 11.3. The summed E-state index contributed by atoms with van der Waals surface area (Å²) < 4.78 is 2.06. The second-order valence-electron chi connectivity index (χ2n) is 7.19. The van der Waals surface area contributed by atoms with Gasteiger partial charge in [-0.2, -0.15) is 5.10 Å². The summed E-state index contributed by atoms with van der Waals surface area (Å²) in [7, 11) is 0. The molecule has 1 aromatic carbocycles. The molecule has 1 amide bonds. The largest absolute Gasteiger partial charge is 0.325 e. The number of rotatable bonds is 6. The number of nitrogens with zero attached hydrogens (tertiary/aromatic N) is 3. The zero-order valence-corrected chi connectivity index (χ0v) is 15.9. The van der Waals surface area contributed by atoms with Crippen molar-refractivity contribution in [3.63, 3.8) is 0 Å². The Morgan fingerprint density at radius 2 is 2.00 bits per heavy atom. The smallest absolute Gasteiger partial charge is 0.224 e. The third kappa shape index (κ3) is 4.10. The Labute approximate surface area is 154 Å². The van der Waals surface area contributed by atoms with E-state index in [0.717, 1.165) is 34.5 Å². The maximum absolute atomic E-state index is 12.4. The van der Waals surface area contributed by atoms with E-state index in [1.807, 2.05) is 37.3 Å². The van der Waals surface area contributed by atoms with Gasteiger partial charge in [-0.3, -0.25) is 14.5 Å². The lowest BCUT2D eigenvalue weighted by molar-refractivity contribution is -0.116. The minimum Gasteiger partial charge on any atom is -0.325 e. The fourth-order valence-corrected chi connectivity index (χ4v) is 3.22. The first-order chi connectivity index (χ1) is 12.4. The van der Waals surface area contributed by atoms with Crippen LogP contribution >= 0.6 is 0 Å². The predicted octanol–water partition coefficient (Wildman–Crippen LogP) is 4.28. The third-order valence-corrected chi connectivity index (χ3v) is 4.55. The number of pyridine rings is 1. The molecule has 0 atom stereocenters. The Balaban J connectivity index is 1.64. The Hall–Kier alpha value is -2.69. The van der Waals surface area contributed by atoms with Crippen molar-refractivity contribution in [1.29, 1.82) is 0 Å². The van der Waals surface area contributed by atoms with Crippen LogP contribution in [0.5, 0.6) is 0 Å². The van der Waals surface area contributed by atoms with E-state index in [-0.39, 0.29) is 5.91 Å². The summed E-state index contributed by atoms with van der Waals surface area (Å²) in [5.74, 6) is 0.544. The zero-order valence-electron chi connectivity index (χ0n) is 15.9. The van der Waals surface area contributed by atoms with E-state index < -0.39 is 0 Å². The first-order valence-electron chi connectivity index (χ1n) is 9.11. The molecule has 1 N–H and O–H groups in total. The van der Waals surface area contributed by atoms with Gasteiger partial charge in [0, 0.05) is 24.0 Å². The van der Waals surface area contributed by atoms with Crippen molar-refractivity contribution in [2.45, 2.75) is 47.1 Å². The van der Waals surface area contributed by atoms with E-state index in [1.54, 1.807) is 6.20 Å². The van der Waals surface area contributed by atoms with Crippen LogP contribution in [0.25, 0.3) is 10.9 Å². The van der Waals surface area contributed by atoms with Crippen molar-refractivity contribution in [2.75, 3.05) is 5.32 Å². The van der Waals surface area contributed by atoms with Crippen LogP contribution in [-0.4, -0.2) is 20.7 Å². The van der Waals surface area contributed by atoms with Crippen molar-refractivity contribution in [3.05, 3.63) is 53.5 Å². The average Bonchev–Trinajstić information content (AvgIpc) is 2.86. The Morgan fingerprint density at radius 3 is 2.77 bits per heavy atom. The predicted molar refractivity (Wildman–Crippen MR) is 105 cm³/mol. The van der Waals surface area contributed by atoms with Crippen LogP contribution in [0.3, 0.4) is 0 Å². The second-order valence-corrected chi connectivity index (χ2v) is 7.19. The summed E-state index contributed by atoms with van der Waals surface area (Å²) in [6.07, 6.45) is 2.84. The SMILES string of the molecule is Cc1nn(CC(C)C)c(C)c1CCC(=O)Nc1cnc2ccccc2c1. The van der Waals surface area contributed by atoms with Gasteiger partial charge in [0.2, 0.25) is 5.91 Å². The van der Waals surface area contributed by atoms with Gasteiger partial charge < -0.3 is 5.32 Å². The molecule has 136 valence electrons. The van der Waals surface area contributed by atoms with Gasteiger partial charge >= 0.3 is 0 Å². The van der Waals surface area contributed by atoms with Crippen molar-refractivity contribution in [1.82, 2.24) is 14.8 Å². The molecule has 5 heteroatoms. The van der Waals surface area contributed by atoms with Gasteiger partial charge in [0.1, 0.15) is 0 Å². The summed E-state index contributed by atoms with van der Waals surface area (Å²) in [6, 6.07) is 9.83. The molecule has 0 fully saturated rings. The molecule has 0 spiro atoms. The molecule has 2 aromatic heterocycles. The average molecular weight is 350 g/mol. The Morgan fingerprint density at radius 1 is 1.23 bits per heavy atom. The molecule has 3 aromatic rings. The maximum Gasteiger partial charge on any atom is 0.224 e. The molecule has 0 saturated carbocycles. The molecular formula is C21H26N4O. The standard InChI is InChI=1S/C21H26N4O/c1-14(2)13-25-16(4)19(15(3)24-25)9-10-21(26)23-18-11-17-7-5-6-8-20(17)22-12-18/h5-8,11-12,14H,9-10,13H2,1-4H3,(H,23,26). The lowest BCUT2D eigenvalue weighted by atomic mass is 10.1. The van der Waals surface area contributed by atoms with E-state index in [2.05, 4.69) is 40.9 Å². The maximum atomic E-state index is 12.4. The summed E-state index contributed by atoms with van der Waals surface area (Å²) in [5.41, 5.74) is 5.02. The fraction of sp³-hybridized carbons (Fsp3) is 0.381. The van der Waals surface area contributed by atoms with Gasteiger partial charge in [-0.25, -0.2) is 0 Å². The number of carbonyl (C=O) groups is 1. The number of amides is 1. The number of anilines is 1. The highest BCUT2D eigenvalue weighted by Gasteiger charge is 2.14. The number of hydrogen-bond donors (Lipinski definition) is 1. The molecule has 0 saturated heterocycles. The van der Waals surface area contributed by atoms with Crippen molar-refractivity contribution >= 4 is 22.5 Å². The number of fused-ring (bicyclic) bond motifs is 1. The highest BCUT2D eigenvalue weighted by Crippen LogP contribution is 2.18. The Bertz CT molecular complexity index is 927. The first-order valence-corrected chi connectivity index (χ1v) is 9.11. The van der Waals surface area contributed by atoms with E-state index in [1.165, 1.54) is 5.56 Å². The van der Waals surface area contributed by atoms with E-state index in [4.69, 9.17) is 0 Å². The quantitative estimate of drug-likeness (QED) is 0.722. The van der Waals surface area contributed by atoms with Gasteiger partial charge in [-0.15, -0.1) is 0 Å². The highest BCUT2D eigenvalue weighted by molar-refractivity contribution is 5.93. The molecule has 0 aliphatic carbocycles. The summed E-state index contributed by atoms with van der Waals surface area (Å²) in [5, 5.41) is 8.60. The van der Waals surface area contributed by atoms with Crippen LogP contribution in [0.1, 0.15) is 37.2 Å². The Kier molecular flexibility index (Phi) is 5.35. The monoisotopic (exact) mass is 350 g/mol. The van der Waals surface area contributed by atoms with Crippen LogP contribution in [0, 0.1) is 19.8 Å². The molecule has 0 radical (unpaired) electrons. The summed E-state index contributed by atoms with van der Waals surface area (Å²) >= 11 is 0. The molecule has 3 rings (SSSR count). The summed E-state index contributed by atoms with van der Waals surface area (Å²) in [4.78, 5) is 16.7. The number of hydrogen-bond acceptors (Lipinski definition) is 3. The van der Waals surface area contributed by atoms with Crippen LogP contribution in [0.15, 0.2) is 36.5 Å². The van der Waals surface area contributed by atoms with Crippen molar-refractivity contribution < 1.29 is 4.79 Å².